The molecular weight excluding hydrogens is 408 g/mol. The van der Waals surface area contributed by atoms with E-state index in [1.54, 1.807) is 0 Å². The number of carbonyl (C=O) groups is 1. The summed E-state index contributed by atoms with van der Waals surface area (Å²) in [5.74, 6) is -0.0449. The van der Waals surface area contributed by atoms with Crippen LogP contribution in [0, 0.1) is 10.1 Å². The van der Waals surface area contributed by atoms with Gasteiger partial charge >= 0.3 is 0 Å². The maximum atomic E-state index is 12.4. The zero-order chi connectivity index (χ0) is 21.3. The van der Waals surface area contributed by atoms with Crippen molar-refractivity contribution >= 4 is 51.1 Å². The van der Waals surface area contributed by atoms with Crippen molar-refractivity contribution in [1.82, 2.24) is 19.7 Å². The molecule has 4 aromatic rings. The molecule has 0 aliphatic rings. The summed E-state index contributed by atoms with van der Waals surface area (Å²) in [6, 6.07) is 11.8. The number of ether oxygens (including phenoxy) is 1. The number of aryl methyl sites for hydroxylation is 1. The van der Waals surface area contributed by atoms with Crippen LogP contribution in [0.1, 0.15) is 0 Å². The van der Waals surface area contributed by atoms with Gasteiger partial charge in [-0.1, -0.05) is 30.0 Å². The Balaban J connectivity index is 1.51. The van der Waals surface area contributed by atoms with Gasteiger partial charge in [-0.15, -0.1) is 10.2 Å². The van der Waals surface area contributed by atoms with Gasteiger partial charge < -0.3 is 14.6 Å². The molecule has 11 heteroatoms. The molecule has 4 rings (SSSR count). The highest BCUT2D eigenvalue weighted by molar-refractivity contribution is 7.99. The monoisotopic (exact) mass is 424 g/mol. The fraction of sp³-hybridized carbons (Fsp3) is 0.158. The van der Waals surface area contributed by atoms with E-state index in [2.05, 4.69) is 20.5 Å². The lowest BCUT2D eigenvalue weighted by Gasteiger charge is -2.09. The van der Waals surface area contributed by atoms with Crippen molar-refractivity contribution in [3.63, 3.8) is 0 Å². The number of rotatable bonds is 6. The van der Waals surface area contributed by atoms with E-state index in [1.807, 2.05) is 35.9 Å². The largest absolute Gasteiger partial charge is 0.495 e. The third-order valence-electron chi connectivity index (χ3n) is 4.49. The van der Waals surface area contributed by atoms with Gasteiger partial charge in [-0.3, -0.25) is 14.9 Å². The van der Waals surface area contributed by atoms with Crippen LogP contribution in [0.2, 0.25) is 0 Å². The van der Waals surface area contributed by atoms with Crippen LogP contribution in [-0.2, 0) is 11.8 Å². The molecule has 0 aliphatic carbocycles. The van der Waals surface area contributed by atoms with E-state index < -0.39 is 4.92 Å². The van der Waals surface area contributed by atoms with Crippen LogP contribution in [0.4, 0.5) is 11.4 Å². The summed E-state index contributed by atoms with van der Waals surface area (Å²) >= 11 is 1.12. The number of hydrogen-bond donors (Lipinski definition) is 1. The number of fused-ring (bicyclic) bond motifs is 3. The highest BCUT2D eigenvalue weighted by Crippen LogP contribution is 2.29. The van der Waals surface area contributed by atoms with Gasteiger partial charge in [0.15, 0.2) is 5.65 Å². The number of anilines is 1. The number of nitrogens with one attached hydrogen (secondary N) is 1. The van der Waals surface area contributed by atoms with Gasteiger partial charge in [-0.2, -0.15) is 0 Å². The van der Waals surface area contributed by atoms with Crippen LogP contribution in [0.15, 0.2) is 47.6 Å². The lowest BCUT2D eigenvalue weighted by atomic mass is 10.2. The first-order chi connectivity index (χ1) is 14.5. The molecule has 0 saturated carbocycles. The second-order valence-corrected chi connectivity index (χ2v) is 7.26. The summed E-state index contributed by atoms with van der Waals surface area (Å²) in [6.07, 6.45) is 0. The van der Waals surface area contributed by atoms with Crippen molar-refractivity contribution in [2.24, 2.45) is 7.05 Å². The van der Waals surface area contributed by atoms with Gasteiger partial charge in [0.1, 0.15) is 11.3 Å². The second-order valence-electron chi connectivity index (χ2n) is 6.32. The lowest BCUT2D eigenvalue weighted by Crippen LogP contribution is -2.15. The maximum absolute atomic E-state index is 12.4. The molecule has 0 unspecified atom stereocenters. The molecule has 1 N–H and O–H groups in total. The fourth-order valence-electron chi connectivity index (χ4n) is 3.08. The predicted molar refractivity (Wildman–Crippen MR) is 113 cm³/mol. The number of nitrogens with zero attached hydrogens (tertiary/aromatic N) is 5. The summed E-state index contributed by atoms with van der Waals surface area (Å²) in [7, 11) is 3.32. The van der Waals surface area contributed by atoms with Crippen molar-refractivity contribution in [3.05, 3.63) is 52.6 Å². The predicted octanol–water partition coefficient (Wildman–Crippen LogP) is 3.16. The SMILES string of the molecule is COc1ccc([N+](=O)[O-])cc1NC(=O)CSc1nnc2c3ccccc3n(C)c2n1. The molecule has 0 bridgehead atoms. The zero-order valence-corrected chi connectivity index (χ0v) is 16.8. The molecule has 0 saturated heterocycles. The number of nitro groups is 1. The molecule has 2 aromatic heterocycles. The molecule has 2 aromatic carbocycles. The van der Waals surface area contributed by atoms with Gasteiger partial charge in [0.25, 0.3) is 5.69 Å². The van der Waals surface area contributed by atoms with E-state index in [1.165, 1.54) is 25.3 Å². The smallest absolute Gasteiger partial charge is 0.271 e. The minimum atomic E-state index is -0.539. The molecule has 10 nitrogen and oxygen atoms in total. The van der Waals surface area contributed by atoms with Crippen molar-refractivity contribution in [3.8, 4) is 5.75 Å². The molecule has 2 heterocycles. The van der Waals surface area contributed by atoms with Gasteiger partial charge in [0, 0.05) is 24.6 Å². The quantitative estimate of drug-likeness (QED) is 0.284. The van der Waals surface area contributed by atoms with Gasteiger partial charge in [0.2, 0.25) is 11.1 Å². The van der Waals surface area contributed by atoms with E-state index >= 15 is 0 Å². The first-order valence-corrected chi connectivity index (χ1v) is 9.79. The number of carbonyl (C=O) groups excluding carboxylic acids is 1. The minimum Gasteiger partial charge on any atom is -0.495 e. The Labute approximate surface area is 174 Å². The van der Waals surface area contributed by atoms with Crippen LogP contribution in [0.25, 0.3) is 22.1 Å². The van der Waals surface area contributed by atoms with Crippen LogP contribution in [0.5, 0.6) is 5.75 Å². The summed E-state index contributed by atoms with van der Waals surface area (Å²) in [6.45, 7) is 0. The van der Waals surface area contributed by atoms with Crippen molar-refractivity contribution in [2.75, 3.05) is 18.2 Å². The number of thioether (sulfide) groups is 1. The first-order valence-electron chi connectivity index (χ1n) is 8.81. The number of amides is 1. The third kappa shape index (κ3) is 3.62. The zero-order valence-electron chi connectivity index (χ0n) is 16.0. The summed E-state index contributed by atoms with van der Waals surface area (Å²) in [4.78, 5) is 27.3. The Morgan fingerprint density at radius 2 is 2.07 bits per heavy atom. The number of nitro benzene ring substituents is 1. The fourth-order valence-corrected chi connectivity index (χ4v) is 3.66. The number of non-ortho nitro benzene ring substituents is 1. The Morgan fingerprint density at radius 1 is 1.27 bits per heavy atom. The molecule has 0 atom stereocenters. The maximum Gasteiger partial charge on any atom is 0.271 e. The summed E-state index contributed by atoms with van der Waals surface area (Å²) in [5, 5.41) is 23.3. The highest BCUT2D eigenvalue weighted by Gasteiger charge is 2.16. The second kappa shape index (κ2) is 7.95. The third-order valence-corrected chi connectivity index (χ3v) is 5.33. The van der Waals surface area contributed by atoms with E-state index in [0.29, 0.717) is 22.1 Å². The van der Waals surface area contributed by atoms with Crippen molar-refractivity contribution < 1.29 is 14.5 Å². The van der Waals surface area contributed by atoms with Crippen LogP contribution in [-0.4, -0.2) is 43.4 Å². The molecule has 30 heavy (non-hydrogen) atoms. The average Bonchev–Trinajstić information content (AvgIpc) is 3.04. The van der Waals surface area contributed by atoms with Crippen molar-refractivity contribution in [2.45, 2.75) is 5.16 Å². The standard InChI is InChI=1S/C19H16N6O4S/c1-24-14-6-4-3-5-12(14)17-18(24)21-19(23-22-17)30-10-16(26)20-13-9-11(25(27)28)7-8-15(13)29-2/h3-9H,10H2,1-2H3,(H,20,26). The molecule has 0 fully saturated rings. The van der Waals surface area contributed by atoms with Crippen molar-refractivity contribution in [1.29, 1.82) is 0 Å². The van der Waals surface area contributed by atoms with E-state index in [9.17, 15) is 14.9 Å². The van der Waals surface area contributed by atoms with E-state index in [-0.39, 0.29) is 23.0 Å². The number of benzene rings is 2. The molecule has 0 aliphatic heterocycles. The Bertz CT molecular complexity index is 1290. The number of aromatic nitrogens is 4. The Kier molecular flexibility index (Phi) is 5.19. The normalized spacial score (nSPS) is 11.0. The molecule has 0 spiro atoms. The topological polar surface area (TPSA) is 125 Å². The summed E-state index contributed by atoms with van der Waals surface area (Å²) in [5.41, 5.74) is 2.44. The lowest BCUT2D eigenvalue weighted by molar-refractivity contribution is -0.384. The van der Waals surface area contributed by atoms with Gasteiger partial charge in [-0.05, 0) is 12.1 Å². The summed E-state index contributed by atoms with van der Waals surface area (Å²) < 4.78 is 7.08. The molecule has 1 amide bonds. The molecule has 152 valence electrons. The highest BCUT2D eigenvalue weighted by atomic mass is 32.2. The Hall–Kier alpha value is -3.73. The van der Waals surface area contributed by atoms with Gasteiger partial charge in [0.05, 0.1) is 29.0 Å². The van der Waals surface area contributed by atoms with E-state index in [4.69, 9.17) is 4.74 Å². The van der Waals surface area contributed by atoms with E-state index in [0.717, 1.165) is 22.7 Å². The van der Waals surface area contributed by atoms with Crippen LogP contribution >= 0.6 is 11.8 Å². The Morgan fingerprint density at radius 3 is 2.83 bits per heavy atom. The molecule has 0 radical (unpaired) electrons. The van der Waals surface area contributed by atoms with Crippen LogP contribution in [0.3, 0.4) is 0 Å². The van der Waals surface area contributed by atoms with Crippen LogP contribution < -0.4 is 10.1 Å². The first kappa shape index (κ1) is 19.6. The van der Waals surface area contributed by atoms with Gasteiger partial charge in [-0.25, -0.2) is 4.98 Å². The average molecular weight is 424 g/mol. The number of methoxy groups -OCH3 is 1. The number of para-hydroxylation sites is 1. The molecular formula is C19H16N6O4S. The minimum absolute atomic E-state index is 0.00295. The number of hydrogen-bond acceptors (Lipinski definition) is 8.